The van der Waals surface area contributed by atoms with Gasteiger partial charge in [-0.05, 0) is 20.0 Å². The molecule has 0 bridgehead atoms. The topological polar surface area (TPSA) is 32.8 Å². The highest BCUT2D eigenvalue weighted by molar-refractivity contribution is 5.77. The maximum absolute atomic E-state index is 11.0. The third kappa shape index (κ3) is 5.01. The second-order valence-corrected chi connectivity index (χ2v) is 3.71. The van der Waals surface area contributed by atoms with Crippen molar-refractivity contribution in [2.75, 3.05) is 26.7 Å². The van der Waals surface area contributed by atoms with Crippen LogP contribution in [-0.4, -0.2) is 43.5 Å². The van der Waals surface area contributed by atoms with Crippen LogP contribution in [-0.2, 0) is 9.53 Å². The lowest BCUT2D eigenvalue weighted by Gasteiger charge is -2.14. The third-order valence-corrected chi connectivity index (χ3v) is 2.31. The van der Waals surface area contributed by atoms with Crippen LogP contribution in [0.2, 0.25) is 0 Å². The molecule has 0 saturated carbocycles. The zero-order valence-electron chi connectivity index (χ0n) is 8.58. The van der Waals surface area contributed by atoms with Crippen molar-refractivity contribution in [2.45, 2.75) is 32.3 Å². The first-order valence-electron chi connectivity index (χ1n) is 5.04. The molecular formula is C10H19NO2. The number of ketones is 1. The van der Waals surface area contributed by atoms with Crippen LogP contribution in [0.5, 0.6) is 0 Å². The first-order valence-corrected chi connectivity index (χ1v) is 5.04. The Morgan fingerprint density at radius 2 is 2.31 bits per heavy atom. The highest BCUT2D eigenvalue weighted by Crippen LogP contribution is 2.10. The van der Waals surface area contributed by atoms with Gasteiger partial charge in [0.25, 0.3) is 0 Å². The van der Waals surface area contributed by atoms with E-state index >= 15 is 0 Å². The number of ether oxygens (including phenoxy) is 1. The van der Waals surface area contributed by atoms with Crippen LogP contribution in [0.15, 0.2) is 0 Å². The molecule has 3 nitrogen and oxygen atoms in total. The number of likely N-dealkylation sites (N-methyl/N-ethyl adjacent to an activating group) is 1. The zero-order valence-corrected chi connectivity index (χ0v) is 8.58. The van der Waals surface area contributed by atoms with Crippen LogP contribution < -0.4 is 0 Å². The lowest BCUT2D eigenvalue weighted by Crippen LogP contribution is -2.24. The fourth-order valence-corrected chi connectivity index (χ4v) is 1.34. The van der Waals surface area contributed by atoms with Crippen molar-refractivity contribution in [3.05, 3.63) is 0 Å². The van der Waals surface area contributed by atoms with Crippen LogP contribution in [0.4, 0.5) is 0 Å². The predicted octanol–water partition coefficient (Wildman–Crippen LogP) is 1.08. The van der Waals surface area contributed by atoms with E-state index < -0.39 is 0 Å². The van der Waals surface area contributed by atoms with Gasteiger partial charge in [-0.15, -0.1) is 0 Å². The van der Waals surface area contributed by atoms with E-state index in [0.29, 0.717) is 18.3 Å². The smallest absolute Gasteiger partial charge is 0.132 e. The Labute approximate surface area is 80.1 Å². The molecule has 1 heterocycles. The molecule has 1 saturated heterocycles. The molecule has 0 N–H and O–H groups in total. The summed E-state index contributed by atoms with van der Waals surface area (Å²) in [5.74, 6) is 0.371. The predicted molar refractivity (Wildman–Crippen MR) is 51.8 cm³/mol. The molecule has 1 fully saturated rings. The van der Waals surface area contributed by atoms with Gasteiger partial charge >= 0.3 is 0 Å². The highest BCUT2D eigenvalue weighted by Gasteiger charge is 2.23. The van der Waals surface area contributed by atoms with Gasteiger partial charge < -0.3 is 9.64 Å². The van der Waals surface area contributed by atoms with Crippen molar-refractivity contribution in [2.24, 2.45) is 0 Å². The molecule has 0 amide bonds. The molecule has 3 heteroatoms. The quantitative estimate of drug-likeness (QED) is 0.556. The molecule has 1 unspecified atom stereocenters. The molecule has 1 atom stereocenters. The summed E-state index contributed by atoms with van der Waals surface area (Å²) in [5.41, 5.74) is 0. The van der Waals surface area contributed by atoms with E-state index in [1.54, 1.807) is 0 Å². The summed E-state index contributed by atoms with van der Waals surface area (Å²) in [4.78, 5) is 13.2. The standard InChI is InChI=1S/C10H19NO2/c1-3-9(12)5-4-6-11(2)7-10-8-13-10/h10H,3-8H2,1-2H3. The fraction of sp³-hybridized carbons (Fsp3) is 0.900. The van der Waals surface area contributed by atoms with Gasteiger partial charge in [0.1, 0.15) is 5.78 Å². The Bertz CT molecular complexity index is 166. The SMILES string of the molecule is CCC(=O)CCCN(C)CC1CO1. The van der Waals surface area contributed by atoms with Crippen LogP contribution >= 0.6 is 0 Å². The molecule has 1 aliphatic rings. The number of nitrogens with zero attached hydrogens (tertiary/aromatic N) is 1. The van der Waals surface area contributed by atoms with Crippen molar-refractivity contribution >= 4 is 5.78 Å². The fourth-order valence-electron chi connectivity index (χ4n) is 1.34. The van der Waals surface area contributed by atoms with Crippen molar-refractivity contribution in [3.63, 3.8) is 0 Å². The summed E-state index contributed by atoms with van der Waals surface area (Å²) in [6.45, 7) is 4.86. The Balaban J connectivity index is 1.94. The molecule has 1 aliphatic heterocycles. The number of carbonyl (C=O) groups is 1. The first-order chi connectivity index (χ1) is 6.22. The van der Waals surface area contributed by atoms with Crippen molar-refractivity contribution < 1.29 is 9.53 Å². The summed E-state index contributed by atoms with van der Waals surface area (Å²) in [5, 5.41) is 0. The Kier molecular flexibility index (Phi) is 4.39. The molecular weight excluding hydrogens is 166 g/mol. The van der Waals surface area contributed by atoms with E-state index in [1.807, 2.05) is 6.92 Å². The summed E-state index contributed by atoms with van der Waals surface area (Å²) < 4.78 is 5.12. The largest absolute Gasteiger partial charge is 0.372 e. The number of epoxide rings is 1. The average molecular weight is 185 g/mol. The van der Waals surface area contributed by atoms with Gasteiger partial charge in [-0.2, -0.15) is 0 Å². The lowest BCUT2D eigenvalue weighted by atomic mass is 10.2. The van der Waals surface area contributed by atoms with Crippen LogP contribution in [0.1, 0.15) is 26.2 Å². The summed E-state index contributed by atoms with van der Waals surface area (Å²) in [7, 11) is 2.08. The van der Waals surface area contributed by atoms with E-state index in [-0.39, 0.29) is 0 Å². The number of Topliss-reactive ketones (excluding diaryl/α,β-unsaturated/α-hetero) is 1. The molecule has 76 valence electrons. The Hall–Kier alpha value is -0.410. The van der Waals surface area contributed by atoms with Gasteiger partial charge in [0.05, 0.1) is 12.7 Å². The van der Waals surface area contributed by atoms with Gasteiger partial charge in [0, 0.05) is 19.4 Å². The van der Waals surface area contributed by atoms with Crippen LogP contribution in [0, 0.1) is 0 Å². The monoisotopic (exact) mass is 185 g/mol. The molecule has 0 spiro atoms. The molecule has 0 aromatic carbocycles. The van der Waals surface area contributed by atoms with Gasteiger partial charge in [0.2, 0.25) is 0 Å². The van der Waals surface area contributed by atoms with E-state index in [1.165, 1.54) is 0 Å². The van der Waals surface area contributed by atoms with Crippen molar-refractivity contribution in [1.82, 2.24) is 4.90 Å². The van der Waals surface area contributed by atoms with E-state index in [2.05, 4.69) is 11.9 Å². The van der Waals surface area contributed by atoms with Gasteiger partial charge in [-0.3, -0.25) is 4.79 Å². The molecule has 13 heavy (non-hydrogen) atoms. The number of hydrogen-bond acceptors (Lipinski definition) is 3. The van der Waals surface area contributed by atoms with Crippen LogP contribution in [0.25, 0.3) is 0 Å². The Morgan fingerprint density at radius 1 is 1.62 bits per heavy atom. The number of carbonyl (C=O) groups excluding carboxylic acids is 1. The van der Waals surface area contributed by atoms with E-state index in [4.69, 9.17) is 4.74 Å². The highest BCUT2D eigenvalue weighted by atomic mass is 16.6. The average Bonchev–Trinajstić information content (AvgIpc) is 2.88. The van der Waals surface area contributed by atoms with E-state index in [0.717, 1.165) is 32.5 Å². The molecule has 0 aromatic rings. The van der Waals surface area contributed by atoms with Gasteiger partial charge in [0.15, 0.2) is 0 Å². The normalized spacial score (nSPS) is 20.7. The number of rotatable bonds is 7. The zero-order chi connectivity index (χ0) is 9.68. The minimum absolute atomic E-state index is 0.371. The molecule has 0 radical (unpaired) electrons. The van der Waals surface area contributed by atoms with Gasteiger partial charge in [-0.25, -0.2) is 0 Å². The van der Waals surface area contributed by atoms with Crippen molar-refractivity contribution in [1.29, 1.82) is 0 Å². The molecule has 0 aromatic heterocycles. The second kappa shape index (κ2) is 5.35. The molecule has 0 aliphatic carbocycles. The summed E-state index contributed by atoms with van der Waals surface area (Å²) in [6, 6.07) is 0. The maximum Gasteiger partial charge on any atom is 0.132 e. The number of hydrogen-bond donors (Lipinski definition) is 0. The second-order valence-electron chi connectivity index (χ2n) is 3.71. The molecule has 1 rings (SSSR count). The third-order valence-electron chi connectivity index (χ3n) is 2.31. The van der Waals surface area contributed by atoms with E-state index in [9.17, 15) is 4.79 Å². The summed E-state index contributed by atoms with van der Waals surface area (Å²) >= 11 is 0. The Morgan fingerprint density at radius 3 is 2.85 bits per heavy atom. The minimum Gasteiger partial charge on any atom is -0.372 e. The maximum atomic E-state index is 11.0. The van der Waals surface area contributed by atoms with Gasteiger partial charge in [-0.1, -0.05) is 6.92 Å². The first kappa shape index (κ1) is 10.7. The van der Waals surface area contributed by atoms with Crippen molar-refractivity contribution in [3.8, 4) is 0 Å². The summed E-state index contributed by atoms with van der Waals surface area (Å²) in [6.07, 6.45) is 2.85. The lowest BCUT2D eigenvalue weighted by molar-refractivity contribution is -0.118. The minimum atomic E-state index is 0.371. The van der Waals surface area contributed by atoms with Crippen LogP contribution in [0.3, 0.4) is 0 Å².